The van der Waals surface area contributed by atoms with Gasteiger partial charge in [0.2, 0.25) is 0 Å². The molecule has 4 rings (SSSR count). The van der Waals surface area contributed by atoms with Crippen molar-refractivity contribution < 1.29 is 13.2 Å². The van der Waals surface area contributed by atoms with Gasteiger partial charge in [-0.25, -0.2) is 0 Å². The Bertz CT molecular complexity index is 1100. The van der Waals surface area contributed by atoms with Crippen molar-refractivity contribution in [2.24, 2.45) is 5.92 Å². The van der Waals surface area contributed by atoms with E-state index in [0.29, 0.717) is 5.92 Å². The van der Waals surface area contributed by atoms with Gasteiger partial charge >= 0.3 is 6.18 Å². The zero-order chi connectivity index (χ0) is 27.5. The van der Waals surface area contributed by atoms with Crippen LogP contribution in [-0.4, -0.2) is 0 Å². The summed E-state index contributed by atoms with van der Waals surface area (Å²) in [4.78, 5) is 0. The Morgan fingerprint density at radius 1 is 0.947 bits per heavy atom. The van der Waals surface area contributed by atoms with E-state index in [4.69, 9.17) is 0 Å². The van der Waals surface area contributed by atoms with E-state index in [-0.39, 0.29) is 5.56 Å². The summed E-state index contributed by atoms with van der Waals surface area (Å²) in [6.07, 6.45) is 10.6. The lowest BCUT2D eigenvalue weighted by atomic mass is 9.84. The molecule has 1 heterocycles. The summed E-state index contributed by atoms with van der Waals surface area (Å²) in [7, 11) is 0. The van der Waals surface area contributed by atoms with Gasteiger partial charge in [0.25, 0.3) is 0 Å². The summed E-state index contributed by atoms with van der Waals surface area (Å²) in [6, 6.07) is 13.2. The summed E-state index contributed by atoms with van der Waals surface area (Å²) >= 11 is 0. The van der Waals surface area contributed by atoms with Crippen LogP contribution in [0.1, 0.15) is 99.9 Å². The van der Waals surface area contributed by atoms with Crippen LogP contribution in [0.5, 0.6) is 0 Å². The maximum absolute atomic E-state index is 13.7. The van der Waals surface area contributed by atoms with E-state index in [1.807, 2.05) is 43.3 Å². The minimum absolute atomic E-state index is 0.238. The lowest BCUT2D eigenvalue weighted by Crippen LogP contribution is -2.31. The van der Waals surface area contributed by atoms with E-state index in [1.54, 1.807) is 12.1 Å². The summed E-state index contributed by atoms with van der Waals surface area (Å²) < 4.78 is 41.2. The van der Waals surface area contributed by atoms with Crippen molar-refractivity contribution in [1.82, 2.24) is 10.6 Å². The number of hydrogen-bond donors (Lipinski definition) is 2. The Morgan fingerprint density at radius 3 is 2.21 bits per heavy atom. The molecule has 2 aliphatic rings. The quantitative estimate of drug-likeness (QED) is 0.336. The third kappa shape index (κ3) is 8.28. The minimum Gasteiger partial charge on any atom is -0.378 e. The van der Waals surface area contributed by atoms with Crippen LogP contribution >= 0.6 is 0 Å². The van der Waals surface area contributed by atoms with Gasteiger partial charge in [-0.15, -0.1) is 0 Å². The van der Waals surface area contributed by atoms with Gasteiger partial charge in [-0.05, 0) is 55.0 Å². The summed E-state index contributed by atoms with van der Waals surface area (Å²) in [5, 5.41) is 6.79. The monoisotopic (exact) mass is 524 g/mol. The third-order valence-corrected chi connectivity index (χ3v) is 7.35. The first-order valence-corrected chi connectivity index (χ1v) is 14.1. The highest BCUT2D eigenvalue weighted by atomic mass is 19.4. The first-order valence-electron chi connectivity index (χ1n) is 14.1. The van der Waals surface area contributed by atoms with Crippen molar-refractivity contribution in [1.29, 1.82) is 0 Å². The Kier molecular flexibility index (Phi) is 11.1. The molecule has 1 fully saturated rings. The number of benzene rings is 2. The van der Waals surface area contributed by atoms with Crippen molar-refractivity contribution in [3.05, 3.63) is 101 Å². The highest BCUT2D eigenvalue weighted by molar-refractivity contribution is 5.66. The number of alkyl halides is 3. The minimum atomic E-state index is -4.41. The molecule has 0 bridgehead atoms. The maximum atomic E-state index is 13.7. The van der Waals surface area contributed by atoms with Crippen LogP contribution in [0.15, 0.2) is 78.7 Å². The van der Waals surface area contributed by atoms with Crippen molar-refractivity contribution in [2.45, 2.75) is 90.8 Å². The molecule has 0 amide bonds. The molecular formula is C33H43F3N2. The van der Waals surface area contributed by atoms with Gasteiger partial charge in [-0.3, -0.25) is 0 Å². The number of nitrogens with one attached hydrogen (secondary N) is 2. The van der Waals surface area contributed by atoms with Gasteiger partial charge in [0.1, 0.15) is 0 Å². The molecule has 2 aromatic carbocycles. The molecule has 38 heavy (non-hydrogen) atoms. The van der Waals surface area contributed by atoms with Crippen molar-refractivity contribution >= 4 is 5.70 Å². The largest absolute Gasteiger partial charge is 0.416 e. The second-order valence-corrected chi connectivity index (χ2v) is 10.4. The zero-order valence-electron chi connectivity index (χ0n) is 23.1. The standard InChI is InChI=1S/C27H29F3N2.C6H14/c1-18-10-6-7-13-22(18)19(2)31-21-16-25(20-11-4-3-5-12-20)32-26(17-21)23-14-8-9-15-24(23)27(28,29)30;1-3-5-6-4-2/h6-10,13-17,20,26,31-32H,2-5,11-12H2,1H3;3-6H2,1-2H3. The molecule has 2 nitrogen and oxygen atoms in total. The van der Waals surface area contributed by atoms with Gasteiger partial charge in [-0.1, -0.05) is 108 Å². The number of rotatable bonds is 8. The Hall–Kier alpha value is -2.95. The third-order valence-electron chi connectivity index (χ3n) is 7.35. The molecule has 2 N–H and O–H groups in total. The SMILES string of the molecule is C=C(NC1=CC(c2ccccc2C(F)(F)F)NC(C2CCCCC2)=C1)c1ccccc1C.CCCCCC. The molecule has 0 radical (unpaired) electrons. The number of aryl methyl sites for hydroxylation is 1. The van der Waals surface area contributed by atoms with E-state index >= 15 is 0 Å². The van der Waals surface area contributed by atoms with Crippen molar-refractivity contribution in [3.8, 4) is 0 Å². The lowest BCUT2D eigenvalue weighted by molar-refractivity contribution is -0.138. The molecular weight excluding hydrogens is 481 g/mol. The predicted molar refractivity (Wildman–Crippen MR) is 153 cm³/mol. The first-order chi connectivity index (χ1) is 18.2. The smallest absolute Gasteiger partial charge is 0.378 e. The van der Waals surface area contributed by atoms with E-state index in [2.05, 4.69) is 31.1 Å². The van der Waals surface area contributed by atoms with Crippen molar-refractivity contribution in [3.63, 3.8) is 0 Å². The van der Waals surface area contributed by atoms with Gasteiger partial charge < -0.3 is 10.6 Å². The number of hydrogen-bond acceptors (Lipinski definition) is 2. The Morgan fingerprint density at radius 2 is 1.58 bits per heavy atom. The normalized spacial score (nSPS) is 17.9. The molecule has 0 spiro atoms. The molecule has 0 aromatic heterocycles. The molecule has 1 aliphatic heterocycles. The van der Waals surface area contributed by atoms with Gasteiger partial charge in [0, 0.05) is 22.7 Å². The molecule has 5 heteroatoms. The number of dihydropyridines is 1. The maximum Gasteiger partial charge on any atom is 0.416 e. The van der Waals surface area contributed by atoms with Crippen molar-refractivity contribution in [2.75, 3.05) is 0 Å². The predicted octanol–water partition coefficient (Wildman–Crippen LogP) is 9.85. The molecule has 2 aromatic rings. The fourth-order valence-corrected chi connectivity index (χ4v) is 5.23. The number of allylic oxidation sites excluding steroid dienone is 2. The topological polar surface area (TPSA) is 24.1 Å². The van der Waals surface area contributed by atoms with Crippen LogP contribution in [0.3, 0.4) is 0 Å². The first kappa shape index (κ1) is 29.6. The average molecular weight is 525 g/mol. The zero-order valence-corrected chi connectivity index (χ0v) is 23.1. The van der Waals surface area contributed by atoms with Gasteiger partial charge in [0.05, 0.1) is 11.6 Å². The van der Waals surface area contributed by atoms with Crippen LogP contribution < -0.4 is 10.6 Å². The van der Waals surface area contributed by atoms with E-state index in [9.17, 15) is 13.2 Å². The van der Waals surface area contributed by atoms with Gasteiger partial charge in [0.15, 0.2) is 0 Å². The fraction of sp³-hybridized carbons (Fsp3) is 0.455. The molecule has 1 aliphatic carbocycles. The van der Waals surface area contributed by atoms with Crippen LogP contribution in [0.2, 0.25) is 0 Å². The Labute approximate surface area is 227 Å². The van der Waals surface area contributed by atoms with Crippen LogP contribution in [-0.2, 0) is 6.18 Å². The second-order valence-electron chi connectivity index (χ2n) is 10.4. The summed E-state index contributed by atoms with van der Waals surface area (Å²) in [5.74, 6) is 0.335. The summed E-state index contributed by atoms with van der Waals surface area (Å²) in [5.41, 5.74) is 4.24. The number of unbranched alkanes of at least 4 members (excludes halogenated alkanes) is 3. The molecule has 1 unspecified atom stereocenters. The fourth-order valence-electron chi connectivity index (χ4n) is 5.23. The van der Waals surface area contributed by atoms with E-state index in [0.717, 1.165) is 60.0 Å². The van der Waals surface area contributed by atoms with Crippen LogP contribution in [0.25, 0.3) is 5.70 Å². The highest BCUT2D eigenvalue weighted by Crippen LogP contribution is 2.38. The average Bonchev–Trinajstić information content (AvgIpc) is 2.92. The Balaban J connectivity index is 0.000000599. The van der Waals surface area contributed by atoms with Crippen LogP contribution in [0.4, 0.5) is 13.2 Å². The van der Waals surface area contributed by atoms with E-state index in [1.165, 1.54) is 38.2 Å². The molecule has 1 saturated carbocycles. The number of halogens is 3. The lowest BCUT2D eigenvalue weighted by Gasteiger charge is -2.33. The second kappa shape index (κ2) is 14.3. The van der Waals surface area contributed by atoms with Gasteiger partial charge in [-0.2, -0.15) is 13.2 Å². The molecule has 206 valence electrons. The molecule has 0 saturated heterocycles. The highest BCUT2D eigenvalue weighted by Gasteiger charge is 2.35. The molecule has 1 atom stereocenters. The van der Waals surface area contributed by atoms with E-state index < -0.39 is 17.8 Å². The summed E-state index contributed by atoms with van der Waals surface area (Å²) in [6.45, 7) is 10.7. The van der Waals surface area contributed by atoms with Crippen LogP contribution in [0, 0.1) is 12.8 Å².